The van der Waals surface area contributed by atoms with E-state index in [4.69, 9.17) is 0 Å². The van der Waals surface area contributed by atoms with Crippen LogP contribution in [0.15, 0.2) is 11.6 Å². The minimum atomic E-state index is -0.121. The second-order valence-corrected chi connectivity index (χ2v) is 9.23. The normalized spacial score (nSPS) is 47.5. The molecule has 130 valence electrons. The van der Waals surface area contributed by atoms with Crippen molar-refractivity contribution in [2.45, 2.75) is 65.7 Å². The van der Waals surface area contributed by atoms with Crippen LogP contribution in [0.25, 0.3) is 0 Å². The van der Waals surface area contributed by atoms with E-state index in [-0.39, 0.29) is 28.3 Å². The molecule has 0 spiro atoms. The monoisotopic (exact) mass is 328 g/mol. The lowest BCUT2D eigenvalue weighted by atomic mass is 9.46. The highest BCUT2D eigenvalue weighted by atomic mass is 16.1. The zero-order chi connectivity index (χ0) is 17.3. The highest BCUT2D eigenvalue weighted by Gasteiger charge is 2.61. The van der Waals surface area contributed by atoms with Gasteiger partial charge in [0.05, 0.1) is 0 Å². The third kappa shape index (κ3) is 1.99. The third-order valence-corrected chi connectivity index (χ3v) is 8.28. The zero-order valence-electron chi connectivity index (χ0n) is 15.1. The summed E-state index contributed by atoms with van der Waals surface area (Å²) in [6.45, 7) is 6.26. The molecule has 3 nitrogen and oxygen atoms in total. The summed E-state index contributed by atoms with van der Waals surface area (Å²) in [6, 6.07) is 0. The molecule has 0 bridgehead atoms. The molecular weight excluding hydrogens is 300 g/mol. The largest absolute Gasteiger partial charge is 0.300 e. The standard InChI is InChI=1S/C21H28O3/c1-12(22)15-4-5-16-14-11-19(24)18-10-13(23)6-8-21(18,3)17(14)7-9-20(15,16)2/h10,14-17H,4-9,11H2,1-3H3. The molecule has 24 heavy (non-hydrogen) atoms. The second-order valence-electron chi connectivity index (χ2n) is 9.23. The van der Waals surface area contributed by atoms with Gasteiger partial charge in [-0.1, -0.05) is 13.8 Å². The van der Waals surface area contributed by atoms with E-state index >= 15 is 0 Å². The molecule has 3 saturated carbocycles. The van der Waals surface area contributed by atoms with E-state index < -0.39 is 0 Å². The number of carbonyl (C=O) groups is 3. The van der Waals surface area contributed by atoms with Gasteiger partial charge in [0, 0.05) is 24.3 Å². The van der Waals surface area contributed by atoms with Gasteiger partial charge < -0.3 is 0 Å². The summed E-state index contributed by atoms with van der Waals surface area (Å²) in [5, 5.41) is 0. The van der Waals surface area contributed by atoms with Crippen molar-refractivity contribution in [2.75, 3.05) is 0 Å². The van der Waals surface area contributed by atoms with Crippen LogP contribution in [0.2, 0.25) is 0 Å². The molecule has 0 heterocycles. The van der Waals surface area contributed by atoms with Crippen molar-refractivity contribution in [2.24, 2.45) is 34.5 Å². The fourth-order valence-corrected chi connectivity index (χ4v) is 7.05. The van der Waals surface area contributed by atoms with Gasteiger partial charge in [0.1, 0.15) is 5.78 Å². The lowest BCUT2D eigenvalue weighted by Crippen LogP contribution is -2.53. The molecule has 0 aliphatic heterocycles. The summed E-state index contributed by atoms with van der Waals surface area (Å²) >= 11 is 0. The van der Waals surface area contributed by atoms with Crippen molar-refractivity contribution < 1.29 is 14.4 Å². The first-order valence-electron chi connectivity index (χ1n) is 9.56. The molecular formula is C21H28O3. The van der Waals surface area contributed by atoms with Crippen LogP contribution in [0.3, 0.4) is 0 Å². The summed E-state index contributed by atoms with van der Waals surface area (Å²) in [4.78, 5) is 36.9. The van der Waals surface area contributed by atoms with Gasteiger partial charge in [0.25, 0.3) is 0 Å². The topological polar surface area (TPSA) is 51.2 Å². The van der Waals surface area contributed by atoms with Crippen molar-refractivity contribution in [3.63, 3.8) is 0 Å². The highest BCUT2D eigenvalue weighted by Crippen LogP contribution is 2.66. The van der Waals surface area contributed by atoms with Crippen molar-refractivity contribution in [3.05, 3.63) is 11.6 Å². The van der Waals surface area contributed by atoms with Gasteiger partial charge in [-0.15, -0.1) is 0 Å². The molecule has 3 heteroatoms. The minimum Gasteiger partial charge on any atom is -0.300 e. The van der Waals surface area contributed by atoms with Crippen LogP contribution in [-0.2, 0) is 14.4 Å². The van der Waals surface area contributed by atoms with Gasteiger partial charge in [0.2, 0.25) is 0 Å². The lowest BCUT2D eigenvalue weighted by molar-refractivity contribution is -0.134. The second kappa shape index (κ2) is 5.12. The van der Waals surface area contributed by atoms with Crippen molar-refractivity contribution >= 4 is 17.3 Å². The van der Waals surface area contributed by atoms with Gasteiger partial charge in [-0.3, -0.25) is 14.4 Å². The first kappa shape index (κ1) is 16.2. The van der Waals surface area contributed by atoms with Crippen molar-refractivity contribution in [3.8, 4) is 0 Å². The van der Waals surface area contributed by atoms with Crippen molar-refractivity contribution in [1.82, 2.24) is 0 Å². The molecule has 0 amide bonds. The number of ketones is 3. The first-order chi connectivity index (χ1) is 11.3. The van der Waals surface area contributed by atoms with E-state index in [1.807, 2.05) is 0 Å². The van der Waals surface area contributed by atoms with Crippen LogP contribution in [0, 0.1) is 34.5 Å². The Morgan fingerprint density at radius 3 is 2.54 bits per heavy atom. The molecule has 6 unspecified atom stereocenters. The smallest absolute Gasteiger partial charge is 0.159 e. The van der Waals surface area contributed by atoms with E-state index in [1.54, 1.807) is 13.0 Å². The molecule has 0 saturated heterocycles. The Labute approximate surface area is 144 Å². The highest BCUT2D eigenvalue weighted by molar-refractivity contribution is 6.05. The van der Waals surface area contributed by atoms with Gasteiger partial charge in [-0.25, -0.2) is 0 Å². The molecule has 0 aromatic heterocycles. The number of hydrogen-bond acceptors (Lipinski definition) is 3. The summed E-state index contributed by atoms with van der Waals surface area (Å²) < 4.78 is 0. The number of carbonyl (C=O) groups excluding carboxylic acids is 3. The Bertz CT molecular complexity index is 660. The quantitative estimate of drug-likeness (QED) is 0.733. The van der Waals surface area contributed by atoms with Gasteiger partial charge in [-0.05, 0) is 73.7 Å². The van der Waals surface area contributed by atoms with Crippen LogP contribution in [0.5, 0.6) is 0 Å². The zero-order valence-corrected chi connectivity index (χ0v) is 15.1. The maximum absolute atomic E-state index is 12.9. The molecule has 0 radical (unpaired) electrons. The predicted octanol–water partition coefficient (Wildman–Crippen LogP) is 3.90. The van der Waals surface area contributed by atoms with Gasteiger partial charge in [-0.2, -0.15) is 0 Å². The molecule has 0 aromatic carbocycles. The average Bonchev–Trinajstić information content (AvgIpc) is 2.87. The lowest BCUT2D eigenvalue weighted by Gasteiger charge is -2.57. The minimum absolute atomic E-state index is 0.0787. The van der Waals surface area contributed by atoms with Crippen molar-refractivity contribution in [1.29, 1.82) is 0 Å². The Balaban J connectivity index is 1.72. The number of fused-ring (bicyclic) bond motifs is 5. The summed E-state index contributed by atoms with van der Waals surface area (Å²) in [7, 11) is 0. The van der Waals surface area contributed by atoms with E-state index in [9.17, 15) is 14.4 Å². The molecule has 6 atom stereocenters. The summed E-state index contributed by atoms with van der Waals surface area (Å²) in [5.41, 5.74) is 0.767. The Morgan fingerprint density at radius 1 is 1.08 bits per heavy atom. The molecule has 4 rings (SSSR count). The first-order valence-corrected chi connectivity index (χ1v) is 9.56. The molecule has 4 aliphatic rings. The van der Waals surface area contributed by atoms with E-state index in [0.717, 1.165) is 37.7 Å². The van der Waals surface area contributed by atoms with E-state index in [2.05, 4.69) is 13.8 Å². The molecule has 0 N–H and O–H groups in total. The third-order valence-electron chi connectivity index (χ3n) is 8.28. The number of rotatable bonds is 1. The number of allylic oxidation sites excluding steroid dienone is 1. The van der Waals surface area contributed by atoms with Crippen LogP contribution in [0.4, 0.5) is 0 Å². The van der Waals surface area contributed by atoms with Gasteiger partial charge in [0.15, 0.2) is 11.6 Å². The SMILES string of the molecule is CC(=O)C1CCC2C3CC(=O)C4=CC(=O)CCC4(C)C3CCC12C. The summed E-state index contributed by atoms with van der Waals surface area (Å²) in [5.74, 6) is 2.21. The Hall–Kier alpha value is -1.25. The number of Topliss-reactive ketones (excluding diaryl/α,β-unsaturated/α-hetero) is 2. The fraction of sp³-hybridized carbons (Fsp3) is 0.762. The van der Waals surface area contributed by atoms with Crippen LogP contribution in [-0.4, -0.2) is 17.3 Å². The van der Waals surface area contributed by atoms with E-state index in [1.165, 1.54) is 0 Å². The molecule has 3 fully saturated rings. The van der Waals surface area contributed by atoms with Gasteiger partial charge >= 0.3 is 0 Å². The maximum Gasteiger partial charge on any atom is 0.159 e. The maximum atomic E-state index is 12.9. The Kier molecular flexibility index (Phi) is 3.47. The fourth-order valence-electron chi connectivity index (χ4n) is 7.05. The van der Waals surface area contributed by atoms with E-state index in [0.29, 0.717) is 36.4 Å². The van der Waals surface area contributed by atoms with Crippen LogP contribution < -0.4 is 0 Å². The number of hydrogen-bond donors (Lipinski definition) is 0. The molecule has 0 aromatic rings. The summed E-state index contributed by atoms with van der Waals surface area (Å²) in [6.07, 6.45) is 7.91. The Morgan fingerprint density at radius 2 is 1.83 bits per heavy atom. The van der Waals surface area contributed by atoms with Crippen LogP contribution >= 0.6 is 0 Å². The van der Waals surface area contributed by atoms with Crippen LogP contribution in [0.1, 0.15) is 65.7 Å². The predicted molar refractivity (Wildman–Crippen MR) is 91.3 cm³/mol. The molecule has 4 aliphatic carbocycles. The average molecular weight is 328 g/mol.